The van der Waals surface area contributed by atoms with Gasteiger partial charge in [-0.05, 0) is 67.9 Å². The Balaban J connectivity index is 1.98. The molecule has 0 atom stereocenters. The second-order valence-corrected chi connectivity index (χ2v) is 7.00. The largest absolute Gasteiger partial charge is 0.339 e. The number of nitrogens with zero attached hydrogens (tertiary/aromatic N) is 1. The van der Waals surface area contributed by atoms with Crippen molar-refractivity contribution in [2.45, 2.75) is 33.6 Å². The quantitative estimate of drug-likeness (QED) is 0.681. The molecule has 0 spiro atoms. The lowest BCUT2D eigenvalue weighted by Crippen LogP contribution is -2.34. The van der Waals surface area contributed by atoms with Gasteiger partial charge in [-0.1, -0.05) is 32.0 Å². The lowest BCUT2D eigenvalue weighted by atomic mass is 10.1. The fraction of sp³-hybridized carbons (Fsp3) is 0.318. The van der Waals surface area contributed by atoms with Gasteiger partial charge in [0.25, 0.3) is 11.8 Å². The predicted octanol–water partition coefficient (Wildman–Crippen LogP) is 4.38. The van der Waals surface area contributed by atoms with Crippen LogP contribution in [-0.4, -0.2) is 34.9 Å². The number of carbonyl (C=O) groups is 2. The molecule has 0 radical (unpaired) electrons. The van der Waals surface area contributed by atoms with E-state index in [0.717, 1.165) is 31.5 Å². The zero-order valence-electron chi connectivity index (χ0n) is 16.6. The molecule has 0 aliphatic carbocycles. The van der Waals surface area contributed by atoms with Gasteiger partial charge < -0.3 is 10.2 Å². The SMILES string of the molecule is CCCN(CCC)C(=O)c1ccc(NC(=S)NC(=O)c2ccccc2C)cc1. The first kappa shape index (κ1) is 21.6. The first-order valence-corrected chi connectivity index (χ1v) is 9.94. The average molecular weight is 398 g/mol. The molecule has 6 heteroatoms. The van der Waals surface area contributed by atoms with Gasteiger partial charge in [0.15, 0.2) is 5.11 Å². The molecule has 2 N–H and O–H groups in total. The summed E-state index contributed by atoms with van der Waals surface area (Å²) in [6, 6.07) is 14.4. The molecule has 28 heavy (non-hydrogen) atoms. The third-order valence-corrected chi connectivity index (χ3v) is 4.48. The van der Waals surface area contributed by atoms with Gasteiger partial charge in [-0.15, -0.1) is 0 Å². The van der Waals surface area contributed by atoms with Crippen LogP contribution in [0.5, 0.6) is 0 Å². The second-order valence-electron chi connectivity index (χ2n) is 6.59. The highest BCUT2D eigenvalue weighted by Gasteiger charge is 2.14. The lowest BCUT2D eigenvalue weighted by molar-refractivity contribution is 0.0755. The van der Waals surface area contributed by atoms with Crippen LogP contribution in [0.15, 0.2) is 48.5 Å². The Kier molecular flexibility index (Phi) is 8.14. The third kappa shape index (κ3) is 5.89. The van der Waals surface area contributed by atoms with Gasteiger partial charge in [0.05, 0.1) is 0 Å². The number of amides is 2. The van der Waals surface area contributed by atoms with Gasteiger partial charge >= 0.3 is 0 Å². The molecule has 0 aromatic heterocycles. The van der Waals surface area contributed by atoms with Gasteiger partial charge in [-0.25, -0.2) is 0 Å². The van der Waals surface area contributed by atoms with E-state index in [1.807, 2.05) is 30.0 Å². The summed E-state index contributed by atoms with van der Waals surface area (Å²) in [6.07, 6.45) is 1.86. The van der Waals surface area contributed by atoms with Gasteiger partial charge in [0.1, 0.15) is 0 Å². The number of nitrogens with one attached hydrogen (secondary N) is 2. The number of benzene rings is 2. The van der Waals surface area contributed by atoms with Crippen molar-refractivity contribution in [1.82, 2.24) is 10.2 Å². The predicted molar refractivity (Wildman–Crippen MR) is 118 cm³/mol. The summed E-state index contributed by atoms with van der Waals surface area (Å²) in [5, 5.41) is 5.88. The fourth-order valence-corrected chi connectivity index (χ4v) is 3.10. The molecule has 2 rings (SSSR count). The van der Waals surface area contributed by atoms with Crippen LogP contribution in [0, 0.1) is 6.92 Å². The van der Waals surface area contributed by atoms with Crippen molar-refractivity contribution in [3.05, 3.63) is 65.2 Å². The van der Waals surface area contributed by atoms with Gasteiger partial charge in [0.2, 0.25) is 0 Å². The number of carbonyl (C=O) groups excluding carboxylic acids is 2. The molecule has 2 aromatic carbocycles. The molecular formula is C22H27N3O2S. The van der Waals surface area contributed by atoms with Crippen LogP contribution in [0.3, 0.4) is 0 Å². The summed E-state index contributed by atoms with van der Waals surface area (Å²) in [5.41, 5.74) is 2.82. The zero-order chi connectivity index (χ0) is 20.5. The highest BCUT2D eigenvalue weighted by Crippen LogP contribution is 2.13. The van der Waals surface area contributed by atoms with E-state index in [2.05, 4.69) is 24.5 Å². The Hall–Kier alpha value is -2.73. The van der Waals surface area contributed by atoms with E-state index in [1.165, 1.54) is 0 Å². The topological polar surface area (TPSA) is 61.4 Å². The zero-order valence-corrected chi connectivity index (χ0v) is 17.4. The van der Waals surface area contributed by atoms with E-state index in [4.69, 9.17) is 12.2 Å². The molecule has 148 valence electrons. The van der Waals surface area contributed by atoms with Crippen molar-refractivity contribution in [1.29, 1.82) is 0 Å². The van der Waals surface area contributed by atoms with Gasteiger partial charge in [0, 0.05) is 29.9 Å². The van der Waals surface area contributed by atoms with Crippen LogP contribution in [0.4, 0.5) is 5.69 Å². The minimum absolute atomic E-state index is 0.0330. The number of hydrogen-bond donors (Lipinski definition) is 2. The Morgan fingerprint density at radius 1 is 0.964 bits per heavy atom. The Bertz CT molecular complexity index is 828. The van der Waals surface area contributed by atoms with Crippen molar-refractivity contribution in [2.24, 2.45) is 0 Å². The van der Waals surface area contributed by atoms with Crippen LogP contribution in [0.2, 0.25) is 0 Å². The smallest absolute Gasteiger partial charge is 0.257 e. The summed E-state index contributed by atoms with van der Waals surface area (Å²) in [6.45, 7) is 7.51. The van der Waals surface area contributed by atoms with E-state index in [0.29, 0.717) is 16.8 Å². The third-order valence-electron chi connectivity index (χ3n) is 4.28. The molecule has 0 bridgehead atoms. The lowest BCUT2D eigenvalue weighted by Gasteiger charge is -2.21. The normalized spacial score (nSPS) is 10.2. The number of hydrogen-bond acceptors (Lipinski definition) is 3. The van der Waals surface area contributed by atoms with Crippen LogP contribution in [-0.2, 0) is 0 Å². The van der Waals surface area contributed by atoms with Crippen LogP contribution in [0.1, 0.15) is 53.0 Å². The van der Waals surface area contributed by atoms with Crippen molar-refractivity contribution in [2.75, 3.05) is 18.4 Å². The van der Waals surface area contributed by atoms with Crippen molar-refractivity contribution in [3.8, 4) is 0 Å². The molecule has 0 heterocycles. The number of aryl methyl sites for hydroxylation is 1. The number of thiocarbonyl (C=S) groups is 1. The summed E-state index contributed by atoms with van der Waals surface area (Å²) in [7, 11) is 0. The van der Waals surface area contributed by atoms with Crippen molar-refractivity contribution >= 4 is 34.8 Å². The van der Waals surface area contributed by atoms with E-state index in [-0.39, 0.29) is 16.9 Å². The Morgan fingerprint density at radius 3 is 2.14 bits per heavy atom. The van der Waals surface area contributed by atoms with E-state index >= 15 is 0 Å². The molecule has 0 fully saturated rings. The summed E-state index contributed by atoms with van der Waals surface area (Å²) in [5.74, 6) is -0.220. The minimum atomic E-state index is -0.253. The maximum atomic E-state index is 12.6. The maximum Gasteiger partial charge on any atom is 0.257 e. The second kappa shape index (κ2) is 10.6. The summed E-state index contributed by atoms with van der Waals surface area (Å²) >= 11 is 5.23. The minimum Gasteiger partial charge on any atom is -0.339 e. The molecule has 0 saturated heterocycles. The molecule has 5 nitrogen and oxygen atoms in total. The molecule has 2 amide bonds. The van der Waals surface area contributed by atoms with Gasteiger partial charge in [-0.2, -0.15) is 0 Å². The molecule has 0 saturated carbocycles. The molecule has 0 aliphatic rings. The van der Waals surface area contributed by atoms with E-state index < -0.39 is 0 Å². The average Bonchev–Trinajstić information content (AvgIpc) is 2.68. The first-order chi connectivity index (χ1) is 13.5. The number of anilines is 1. The molecule has 0 unspecified atom stereocenters. The summed E-state index contributed by atoms with van der Waals surface area (Å²) in [4.78, 5) is 26.8. The van der Waals surface area contributed by atoms with Crippen LogP contribution < -0.4 is 10.6 Å². The van der Waals surface area contributed by atoms with Crippen LogP contribution >= 0.6 is 12.2 Å². The Labute approximate surface area is 172 Å². The van der Waals surface area contributed by atoms with Crippen molar-refractivity contribution < 1.29 is 9.59 Å². The van der Waals surface area contributed by atoms with E-state index in [1.54, 1.807) is 30.3 Å². The van der Waals surface area contributed by atoms with E-state index in [9.17, 15) is 9.59 Å². The Morgan fingerprint density at radius 2 is 1.57 bits per heavy atom. The van der Waals surface area contributed by atoms with Crippen molar-refractivity contribution in [3.63, 3.8) is 0 Å². The fourth-order valence-electron chi connectivity index (χ4n) is 2.89. The maximum absolute atomic E-state index is 12.6. The molecule has 2 aromatic rings. The van der Waals surface area contributed by atoms with Gasteiger partial charge in [-0.3, -0.25) is 14.9 Å². The standard InChI is InChI=1S/C22H27N3O2S/c1-4-14-25(15-5-2)21(27)17-10-12-18(13-11-17)23-22(28)24-20(26)19-9-7-6-8-16(19)3/h6-13H,4-5,14-15H2,1-3H3,(H2,23,24,26,28). The first-order valence-electron chi connectivity index (χ1n) is 9.53. The highest BCUT2D eigenvalue weighted by molar-refractivity contribution is 7.80. The summed E-state index contributed by atoms with van der Waals surface area (Å²) < 4.78 is 0. The molecular weight excluding hydrogens is 370 g/mol. The molecule has 0 aliphatic heterocycles. The monoisotopic (exact) mass is 397 g/mol. The highest BCUT2D eigenvalue weighted by atomic mass is 32.1. The number of rotatable bonds is 7. The van der Waals surface area contributed by atoms with Crippen LogP contribution in [0.25, 0.3) is 0 Å².